The van der Waals surface area contributed by atoms with Gasteiger partial charge >= 0.3 is 0 Å². The van der Waals surface area contributed by atoms with Crippen LogP contribution in [0.3, 0.4) is 0 Å². The number of carbonyl (C=O) groups is 1. The number of aldehydes is 1. The van der Waals surface area contributed by atoms with E-state index in [0.29, 0.717) is 0 Å². The topological polar surface area (TPSA) is 26.3 Å². The van der Waals surface area contributed by atoms with Gasteiger partial charge in [0.2, 0.25) is 0 Å². The predicted octanol–water partition coefficient (Wildman–Crippen LogP) is 1.78. The van der Waals surface area contributed by atoms with Crippen molar-refractivity contribution >= 4 is 6.29 Å². The minimum Gasteiger partial charge on any atom is -0.377 e. The quantitative estimate of drug-likeness (QED) is 0.580. The van der Waals surface area contributed by atoms with Crippen molar-refractivity contribution in [3.63, 3.8) is 0 Å². The number of hydrogen-bond acceptors (Lipinski definition) is 2. The van der Waals surface area contributed by atoms with E-state index in [1.54, 1.807) is 0 Å². The van der Waals surface area contributed by atoms with Crippen LogP contribution in [0, 0.1) is 5.92 Å². The normalized spacial score (nSPS) is 30.6. The molecule has 0 aromatic carbocycles. The minimum atomic E-state index is 0.182. The fraction of sp³-hybridized carbons (Fsp3) is 0.889. The molecule has 1 aliphatic rings. The maximum Gasteiger partial charge on any atom is 0.125 e. The number of ether oxygens (including phenoxy) is 1. The first-order chi connectivity index (χ1) is 5.38. The molecular formula is C9H16O2. The summed E-state index contributed by atoms with van der Waals surface area (Å²) in [5.41, 5.74) is 0. The van der Waals surface area contributed by atoms with E-state index in [1.807, 2.05) is 0 Å². The molecule has 2 nitrogen and oxygen atoms in total. The summed E-state index contributed by atoms with van der Waals surface area (Å²) in [7, 11) is 0. The lowest BCUT2D eigenvalue weighted by Gasteiger charge is -2.11. The highest BCUT2D eigenvalue weighted by Gasteiger charge is 2.26. The third kappa shape index (κ3) is 2.29. The molecule has 1 rings (SSSR count). The van der Waals surface area contributed by atoms with Crippen LogP contribution in [0.4, 0.5) is 0 Å². The zero-order valence-corrected chi connectivity index (χ0v) is 7.08. The standard InChI is InChI=1S/C9H16O2/c1-2-3-4-9-8(7-10)5-6-11-9/h7-9H,2-6H2,1H3. The van der Waals surface area contributed by atoms with Gasteiger partial charge in [0.25, 0.3) is 0 Å². The zero-order chi connectivity index (χ0) is 8.10. The van der Waals surface area contributed by atoms with Crippen LogP contribution in [0.15, 0.2) is 0 Å². The van der Waals surface area contributed by atoms with Gasteiger partial charge in [-0.2, -0.15) is 0 Å². The summed E-state index contributed by atoms with van der Waals surface area (Å²) in [4.78, 5) is 10.5. The van der Waals surface area contributed by atoms with Crippen molar-refractivity contribution < 1.29 is 9.53 Å². The van der Waals surface area contributed by atoms with E-state index in [0.717, 1.165) is 25.7 Å². The first kappa shape index (κ1) is 8.72. The Kier molecular flexibility index (Phi) is 3.57. The smallest absolute Gasteiger partial charge is 0.125 e. The lowest BCUT2D eigenvalue weighted by Crippen LogP contribution is -2.16. The van der Waals surface area contributed by atoms with Gasteiger partial charge in [-0.1, -0.05) is 19.8 Å². The van der Waals surface area contributed by atoms with Crippen molar-refractivity contribution in [2.75, 3.05) is 6.61 Å². The van der Waals surface area contributed by atoms with Gasteiger partial charge in [-0.15, -0.1) is 0 Å². The van der Waals surface area contributed by atoms with Gasteiger partial charge in [-0.3, -0.25) is 0 Å². The monoisotopic (exact) mass is 156 g/mol. The lowest BCUT2D eigenvalue weighted by atomic mass is 9.99. The summed E-state index contributed by atoms with van der Waals surface area (Å²) in [6.07, 6.45) is 5.62. The molecule has 0 spiro atoms. The summed E-state index contributed by atoms with van der Waals surface area (Å²) in [6.45, 7) is 2.93. The van der Waals surface area contributed by atoms with Gasteiger partial charge in [-0.25, -0.2) is 0 Å². The highest BCUT2D eigenvalue weighted by atomic mass is 16.5. The van der Waals surface area contributed by atoms with Gasteiger partial charge in [0.15, 0.2) is 0 Å². The summed E-state index contributed by atoms with van der Waals surface area (Å²) in [6, 6.07) is 0. The Bertz CT molecular complexity index is 123. The second-order valence-corrected chi connectivity index (χ2v) is 3.14. The molecule has 0 radical (unpaired) electrons. The van der Waals surface area contributed by atoms with E-state index in [-0.39, 0.29) is 12.0 Å². The Morgan fingerprint density at radius 1 is 1.64 bits per heavy atom. The van der Waals surface area contributed by atoms with E-state index in [9.17, 15) is 4.79 Å². The molecule has 0 bridgehead atoms. The molecular weight excluding hydrogens is 140 g/mol. The molecule has 1 fully saturated rings. The predicted molar refractivity (Wildman–Crippen MR) is 43.4 cm³/mol. The van der Waals surface area contributed by atoms with Crippen LogP contribution < -0.4 is 0 Å². The molecule has 2 heteroatoms. The number of rotatable bonds is 4. The summed E-state index contributed by atoms with van der Waals surface area (Å²) >= 11 is 0. The Morgan fingerprint density at radius 2 is 2.45 bits per heavy atom. The molecule has 11 heavy (non-hydrogen) atoms. The molecule has 0 aliphatic carbocycles. The van der Waals surface area contributed by atoms with Crippen LogP contribution in [0.1, 0.15) is 32.6 Å². The van der Waals surface area contributed by atoms with Crippen molar-refractivity contribution in [2.24, 2.45) is 5.92 Å². The Hall–Kier alpha value is -0.370. The Balaban J connectivity index is 2.25. The lowest BCUT2D eigenvalue weighted by molar-refractivity contribution is -0.112. The summed E-state index contributed by atoms with van der Waals surface area (Å²) in [5, 5.41) is 0. The molecule has 0 aromatic heterocycles. The van der Waals surface area contributed by atoms with Crippen LogP contribution in [0.5, 0.6) is 0 Å². The number of carbonyl (C=O) groups excluding carboxylic acids is 1. The summed E-state index contributed by atoms with van der Waals surface area (Å²) in [5.74, 6) is 0.182. The average molecular weight is 156 g/mol. The first-order valence-corrected chi connectivity index (χ1v) is 4.45. The minimum absolute atomic E-state index is 0.182. The molecule has 1 heterocycles. The van der Waals surface area contributed by atoms with E-state index in [4.69, 9.17) is 4.74 Å². The maximum atomic E-state index is 10.5. The van der Waals surface area contributed by atoms with Crippen LogP contribution in [-0.4, -0.2) is 19.0 Å². The van der Waals surface area contributed by atoms with E-state index in [1.165, 1.54) is 12.8 Å². The fourth-order valence-electron chi connectivity index (χ4n) is 1.52. The van der Waals surface area contributed by atoms with E-state index < -0.39 is 0 Å². The molecule has 0 N–H and O–H groups in total. The third-order valence-electron chi connectivity index (χ3n) is 2.28. The first-order valence-electron chi connectivity index (χ1n) is 4.45. The van der Waals surface area contributed by atoms with Crippen molar-refractivity contribution in [3.8, 4) is 0 Å². The molecule has 64 valence electrons. The highest BCUT2D eigenvalue weighted by Crippen LogP contribution is 2.22. The average Bonchev–Trinajstić information content (AvgIpc) is 2.47. The van der Waals surface area contributed by atoms with Crippen molar-refractivity contribution in [2.45, 2.75) is 38.7 Å². The van der Waals surface area contributed by atoms with Crippen LogP contribution >= 0.6 is 0 Å². The molecule has 2 atom stereocenters. The molecule has 0 aromatic rings. The van der Waals surface area contributed by atoms with Gasteiger partial charge in [0.05, 0.1) is 6.10 Å². The second kappa shape index (κ2) is 4.50. The van der Waals surface area contributed by atoms with Gasteiger partial charge in [0.1, 0.15) is 6.29 Å². The molecule has 1 saturated heterocycles. The Labute approximate surface area is 67.9 Å². The largest absolute Gasteiger partial charge is 0.377 e. The second-order valence-electron chi connectivity index (χ2n) is 3.14. The number of hydrogen-bond donors (Lipinski definition) is 0. The van der Waals surface area contributed by atoms with Gasteiger partial charge < -0.3 is 9.53 Å². The van der Waals surface area contributed by atoms with Crippen molar-refractivity contribution in [3.05, 3.63) is 0 Å². The molecule has 1 aliphatic heterocycles. The third-order valence-corrected chi connectivity index (χ3v) is 2.28. The Morgan fingerprint density at radius 3 is 3.09 bits per heavy atom. The fourth-order valence-corrected chi connectivity index (χ4v) is 1.52. The van der Waals surface area contributed by atoms with Gasteiger partial charge in [-0.05, 0) is 12.8 Å². The maximum absolute atomic E-state index is 10.5. The molecule has 0 saturated carbocycles. The summed E-state index contributed by atoms with van der Waals surface area (Å²) < 4.78 is 5.43. The number of unbranched alkanes of at least 4 members (excludes halogenated alkanes) is 1. The van der Waals surface area contributed by atoms with Crippen LogP contribution in [0.2, 0.25) is 0 Å². The van der Waals surface area contributed by atoms with Crippen LogP contribution in [0.25, 0.3) is 0 Å². The zero-order valence-electron chi connectivity index (χ0n) is 7.08. The highest BCUT2D eigenvalue weighted by molar-refractivity contribution is 5.54. The SMILES string of the molecule is CCCCC1OCCC1C=O. The van der Waals surface area contributed by atoms with Crippen molar-refractivity contribution in [1.82, 2.24) is 0 Å². The van der Waals surface area contributed by atoms with E-state index >= 15 is 0 Å². The molecule has 2 unspecified atom stereocenters. The van der Waals surface area contributed by atoms with Crippen molar-refractivity contribution in [1.29, 1.82) is 0 Å². The van der Waals surface area contributed by atoms with E-state index in [2.05, 4.69) is 6.92 Å². The van der Waals surface area contributed by atoms with Crippen LogP contribution in [-0.2, 0) is 9.53 Å². The molecule has 0 amide bonds. The van der Waals surface area contributed by atoms with Gasteiger partial charge in [0, 0.05) is 12.5 Å².